The number of likely N-dealkylation sites (tertiary alicyclic amines) is 1. The second kappa shape index (κ2) is 12.2. The molecule has 196 valence electrons. The molecule has 1 saturated carbocycles. The summed E-state index contributed by atoms with van der Waals surface area (Å²) in [6.07, 6.45) is 5.90. The topological polar surface area (TPSA) is 151 Å². The van der Waals surface area contributed by atoms with Gasteiger partial charge in [-0.25, -0.2) is 4.79 Å². The number of fused-ring (bicyclic) bond motifs is 1. The lowest BCUT2D eigenvalue weighted by Crippen LogP contribution is -2.60. The van der Waals surface area contributed by atoms with Crippen molar-refractivity contribution in [1.82, 2.24) is 20.9 Å². The first-order chi connectivity index (χ1) is 16.4. The van der Waals surface area contributed by atoms with E-state index in [1.165, 1.54) is 11.0 Å². The van der Waals surface area contributed by atoms with Crippen LogP contribution in [-0.2, 0) is 19.2 Å². The van der Waals surface area contributed by atoms with E-state index in [-0.39, 0.29) is 24.3 Å². The Balaban J connectivity index is 2.29. The Morgan fingerprint density at radius 1 is 1.14 bits per heavy atom. The maximum Gasteiger partial charge on any atom is 0.312 e. The van der Waals surface area contributed by atoms with E-state index >= 15 is 0 Å². The van der Waals surface area contributed by atoms with E-state index in [0.717, 1.165) is 25.7 Å². The van der Waals surface area contributed by atoms with Gasteiger partial charge in [0.2, 0.25) is 17.6 Å². The van der Waals surface area contributed by atoms with Crippen LogP contribution in [0.1, 0.15) is 66.2 Å². The van der Waals surface area contributed by atoms with Crippen LogP contribution in [0.15, 0.2) is 12.7 Å². The fourth-order valence-corrected chi connectivity index (χ4v) is 5.17. The molecule has 1 saturated heterocycles. The maximum atomic E-state index is 13.6. The third-order valence-electron chi connectivity index (χ3n) is 6.95. The molecular formula is C25H41N5O5. The highest BCUT2D eigenvalue weighted by atomic mass is 16.2. The average molecular weight is 492 g/mol. The molecule has 5 N–H and O–H groups in total. The molecule has 5 amide bonds. The van der Waals surface area contributed by atoms with Crippen molar-refractivity contribution >= 4 is 29.5 Å². The summed E-state index contributed by atoms with van der Waals surface area (Å²) in [7, 11) is 0. The van der Waals surface area contributed by atoms with Crippen LogP contribution in [0.5, 0.6) is 0 Å². The standard InChI is InChI=1S/C25H41N5O5/c1-6-8-12-17(19(31)22(33)27-13-7-2)28-21(32)18-16-11-9-10-15(16)14-30(18)23(34)20(25(3,4)5)29-24(26)35/h7,15-18,20H,2,6,8-14H2,1,3-5H3,(H,27,33)(H,28,32)(H3,26,29,35)/t15-,16-,17?,18-,20+/m0/s1. The van der Waals surface area contributed by atoms with Crippen molar-refractivity contribution in [3.8, 4) is 0 Å². The second-order valence-electron chi connectivity index (χ2n) is 10.7. The molecule has 2 aliphatic rings. The summed E-state index contributed by atoms with van der Waals surface area (Å²) in [6.45, 7) is 11.5. The summed E-state index contributed by atoms with van der Waals surface area (Å²) in [6, 6.07) is -3.47. The van der Waals surface area contributed by atoms with Gasteiger partial charge in [-0.3, -0.25) is 19.2 Å². The number of nitrogens with one attached hydrogen (secondary N) is 3. The van der Waals surface area contributed by atoms with Crippen LogP contribution in [0.3, 0.4) is 0 Å². The molecule has 0 radical (unpaired) electrons. The summed E-state index contributed by atoms with van der Waals surface area (Å²) in [5, 5.41) is 7.80. The van der Waals surface area contributed by atoms with Gasteiger partial charge in [0.25, 0.3) is 5.91 Å². The molecule has 0 aromatic carbocycles. The highest BCUT2D eigenvalue weighted by Gasteiger charge is 2.52. The number of urea groups is 1. The number of amides is 5. The summed E-state index contributed by atoms with van der Waals surface area (Å²) in [5.41, 5.74) is 4.71. The Morgan fingerprint density at radius 2 is 1.83 bits per heavy atom. The Kier molecular flexibility index (Phi) is 9.85. The van der Waals surface area contributed by atoms with Crippen molar-refractivity contribution in [2.24, 2.45) is 23.0 Å². The number of nitrogens with two attached hydrogens (primary N) is 1. The number of unbranched alkanes of at least 4 members (excludes halogenated alkanes) is 1. The predicted octanol–water partition coefficient (Wildman–Crippen LogP) is 1.24. The zero-order valence-corrected chi connectivity index (χ0v) is 21.4. The number of carbonyl (C=O) groups is 5. The van der Waals surface area contributed by atoms with Gasteiger partial charge in [-0.05, 0) is 36.5 Å². The minimum atomic E-state index is -0.980. The third kappa shape index (κ3) is 7.05. The number of nitrogens with zero attached hydrogens (tertiary/aromatic N) is 1. The van der Waals surface area contributed by atoms with E-state index in [0.29, 0.717) is 19.4 Å². The summed E-state index contributed by atoms with van der Waals surface area (Å²) in [4.78, 5) is 65.5. The van der Waals surface area contributed by atoms with Gasteiger partial charge in [-0.15, -0.1) is 6.58 Å². The first-order valence-electron chi connectivity index (χ1n) is 12.5. The van der Waals surface area contributed by atoms with Crippen LogP contribution in [0.4, 0.5) is 4.79 Å². The van der Waals surface area contributed by atoms with Crippen LogP contribution in [-0.4, -0.2) is 65.7 Å². The Labute approximate surface area is 207 Å². The Morgan fingerprint density at radius 3 is 2.40 bits per heavy atom. The molecule has 1 aliphatic heterocycles. The van der Waals surface area contributed by atoms with E-state index < -0.39 is 47.2 Å². The monoisotopic (exact) mass is 491 g/mol. The number of Topliss-reactive ketones (excluding diaryl/α,β-unsaturated/α-hetero) is 1. The minimum absolute atomic E-state index is 0.0373. The summed E-state index contributed by atoms with van der Waals surface area (Å²) < 4.78 is 0. The van der Waals surface area contributed by atoms with E-state index in [1.54, 1.807) is 0 Å². The summed E-state index contributed by atoms with van der Waals surface area (Å²) >= 11 is 0. The van der Waals surface area contributed by atoms with E-state index in [1.807, 2.05) is 27.7 Å². The molecule has 1 heterocycles. The molecule has 0 aromatic rings. The molecule has 0 aromatic heterocycles. The first kappa shape index (κ1) is 28.3. The van der Waals surface area contributed by atoms with Gasteiger partial charge >= 0.3 is 6.03 Å². The lowest BCUT2D eigenvalue weighted by Gasteiger charge is -2.36. The zero-order valence-electron chi connectivity index (χ0n) is 21.4. The van der Waals surface area contributed by atoms with Crippen molar-refractivity contribution in [1.29, 1.82) is 0 Å². The zero-order chi connectivity index (χ0) is 26.3. The van der Waals surface area contributed by atoms with Crippen molar-refractivity contribution < 1.29 is 24.0 Å². The van der Waals surface area contributed by atoms with Gasteiger partial charge in [-0.1, -0.05) is 53.0 Å². The van der Waals surface area contributed by atoms with Crippen LogP contribution in [0.2, 0.25) is 0 Å². The molecular weight excluding hydrogens is 450 g/mol. The third-order valence-corrected chi connectivity index (χ3v) is 6.95. The Bertz CT molecular complexity index is 837. The van der Waals surface area contributed by atoms with E-state index in [9.17, 15) is 24.0 Å². The van der Waals surface area contributed by atoms with Crippen molar-refractivity contribution in [3.63, 3.8) is 0 Å². The number of carbonyl (C=O) groups excluding carboxylic acids is 5. The smallest absolute Gasteiger partial charge is 0.312 e. The lowest BCUT2D eigenvalue weighted by atomic mass is 9.85. The Hall–Kier alpha value is -2.91. The molecule has 10 heteroatoms. The fourth-order valence-electron chi connectivity index (χ4n) is 5.17. The molecule has 35 heavy (non-hydrogen) atoms. The molecule has 0 bridgehead atoms. The lowest BCUT2D eigenvalue weighted by molar-refractivity contribution is -0.144. The average Bonchev–Trinajstić information content (AvgIpc) is 3.38. The molecule has 2 fully saturated rings. The fraction of sp³-hybridized carbons (Fsp3) is 0.720. The van der Waals surface area contributed by atoms with Gasteiger partial charge in [0, 0.05) is 13.1 Å². The quantitative estimate of drug-likeness (QED) is 0.253. The van der Waals surface area contributed by atoms with Crippen LogP contribution >= 0.6 is 0 Å². The highest BCUT2D eigenvalue weighted by Crippen LogP contribution is 2.43. The first-order valence-corrected chi connectivity index (χ1v) is 12.5. The highest BCUT2D eigenvalue weighted by molar-refractivity contribution is 6.38. The second-order valence-corrected chi connectivity index (χ2v) is 10.7. The summed E-state index contributed by atoms with van der Waals surface area (Å²) in [5.74, 6) is -2.16. The number of ketones is 1. The minimum Gasteiger partial charge on any atom is -0.352 e. The van der Waals surface area contributed by atoms with E-state index in [4.69, 9.17) is 5.73 Å². The molecule has 0 spiro atoms. The van der Waals surface area contributed by atoms with Crippen molar-refractivity contribution in [3.05, 3.63) is 12.7 Å². The SMILES string of the molecule is C=CCNC(=O)C(=O)C(CCCC)NC(=O)[C@@H]1[C@H]2CCC[C@H]2CN1C(=O)[C@@H](NC(N)=O)C(C)(C)C. The largest absolute Gasteiger partial charge is 0.352 e. The van der Waals surface area contributed by atoms with Gasteiger partial charge in [0.1, 0.15) is 12.1 Å². The van der Waals surface area contributed by atoms with Gasteiger partial charge in [-0.2, -0.15) is 0 Å². The van der Waals surface area contributed by atoms with Gasteiger partial charge < -0.3 is 26.6 Å². The number of hydrogen-bond donors (Lipinski definition) is 4. The van der Waals surface area contributed by atoms with Crippen molar-refractivity contribution in [2.45, 2.75) is 84.3 Å². The number of rotatable bonds is 11. The van der Waals surface area contributed by atoms with Crippen molar-refractivity contribution in [2.75, 3.05) is 13.1 Å². The van der Waals surface area contributed by atoms with Gasteiger partial charge in [0.15, 0.2) is 0 Å². The molecule has 5 atom stereocenters. The normalized spacial score (nSPS) is 23.1. The van der Waals surface area contributed by atoms with E-state index in [2.05, 4.69) is 22.5 Å². The van der Waals surface area contributed by atoms with Crippen LogP contribution in [0.25, 0.3) is 0 Å². The van der Waals surface area contributed by atoms with Crippen LogP contribution < -0.4 is 21.7 Å². The van der Waals surface area contributed by atoms with Gasteiger partial charge in [0.05, 0.1) is 6.04 Å². The predicted molar refractivity (Wildman–Crippen MR) is 132 cm³/mol. The molecule has 10 nitrogen and oxygen atoms in total. The molecule has 1 unspecified atom stereocenters. The molecule has 1 aliphatic carbocycles. The maximum absolute atomic E-state index is 13.6. The van der Waals surface area contributed by atoms with Crippen LogP contribution in [0, 0.1) is 17.3 Å². The number of primary amides is 1. The number of hydrogen-bond acceptors (Lipinski definition) is 5. The molecule has 2 rings (SSSR count).